The smallest absolute Gasteiger partial charge is 0.217 e. The van der Waals surface area contributed by atoms with E-state index in [-0.39, 0.29) is 11.9 Å². The Hall–Kier alpha value is -0.570. The van der Waals surface area contributed by atoms with Gasteiger partial charge in [0.2, 0.25) is 5.91 Å². The molecule has 0 aliphatic carbocycles. The van der Waals surface area contributed by atoms with Gasteiger partial charge < -0.3 is 10.2 Å². The third-order valence-corrected chi connectivity index (χ3v) is 1.76. The minimum Gasteiger partial charge on any atom is -0.352 e. The average molecular weight is 172 g/mol. The summed E-state index contributed by atoms with van der Waals surface area (Å²) in [7, 11) is 4.02. The first-order chi connectivity index (χ1) is 5.43. The van der Waals surface area contributed by atoms with E-state index < -0.39 is 0 Å². The molecule has 1 amide bonds. The van der Waals surface area contributed by atoms with Crippen molar-refractivity contribution in [1.82, 2.24) is 10.2 Å². The predicted octanol–water partition coefficient (Wildman–Crippen LogP) is 0.709. The Morgan fingerprint density at radius 3 is 2.17 bits per heavy atom. The van der Waals surface area contributed by atoms with Gasteiger partial charge in [-0.05, 0) is 20.0 Å². The highest BCUT2D eigenvalue weighted by Crippen LogP contribution is 2.01. The third-order valence-electron chi connectivity index (χ3n) is 1.76. The van der Waals surface area contributed by atoms with E-state index in [4.69, 9.17) is 0 Å². The molecule has 1 atom stereocenters. The zero-order chi connectivity index (χ0) is 9.72. The molecule has 0 heterocycles. The highest BCUT2D eigenvalue weighted by Gasteiger charge is 2.14. The van der Waals surface area contributed by atoms with Gasteiger partial charge >= 0.3 is 0 Å². The number of likely N-dealkylation sites (N-methyl/N-ethyl adjacent to an activating group) is 1. The number of nitrogens with one attached hydrogen (secondary N) is 1. The second kappa shape index (κ2) is 5.14. The van der Waals surface area contributed by atoms with E-state index in [1.165, 1.54) is 0 Å². The van der Waals surface area contributed by atoms with Crippen LogP contribution in [0.4, 0.5) is 0 Å². The van der Waals surface area contributed by atoms with E-state index in [0.29, 0.717) is 5.92 Å². The molecular formula is C9H20N2O. The fourth-order valence-electron chi connectivity index (χ4n) is 1.08. The molecular weight excluding hydrogens is 152 g/mol. The number of nitrogens with zero attached hydrogens (tertiary/aromatic N) is 1. The lowest BCUT2D eigenvalue weighted by Crippen LogP contribution is -2.44. The monoisotopic (exact) mass is 172 g/mol. The Balaban J connectivity index is 3.95. The fraction of sp³-hybridized carbons (Fsp3) is 0.889. The molecule has 0 rings (SSSR count). The van der Waals surface area contributed by atoms with Crippen molar-refractivity contribution >= 4 is 5.91 Å². The summed E-state index contributed by atoms with van der Waals surface area (Å²) in [6, 6.07) is 0.262. The van der Waals surface area contributed by atoms with Crippen molar-refractivity contribution in [3.63, 3.8) is 0 Å². The molecule has 3 nitrogen and oxygen atoms in total. The van der Waals surface area contributed by atoms with E-state index in [1.807, 2.05) is 14.1 Å². The fourth-order valence-corrected chi connectivity index (χ4v) is 1.08. The van der Waals surface area contributed by atoms with Crippen LogP contribution in [0.5, 0.6) is 0 Å². The Labute approximate surface area is 75.1 Å². The van der Waals surface area contributed by atoms with Gasteiger partial charge in [-0.2, -0.15) is 0 Å². The summed E-state index contributed by atoms with van der Waals surface area (Å²) in [6.45, 7) is 6.69. The van der Waals surface area contributed by atoms with Crippen molar-refractivity contribution in [1.29, 1.82) is 0 Å². The van der Waals surface area contributed by atoms with Crippen LogP contribution < -0.4 is 5.32 Å². The standard InChI is InChI=1S/C9H20N2O/c1-7(2)9(6-11(4)5)10-8(3)12/h7,9H,6H2,1-5H3,(H,10,12)/t9-/m1/s1. The Morgan fingerprint density at radius 2 is 1.92 bits per heavy atom. The maximum absolute atomic E-state index is 10.8. The molecule has 0 aromatic carbocycles. The summed E-state index contributed by atoms with van der Waals surface area (Å²) in [4.78, 5) is 12.9. The van der Waals surface area contributed by atoms with Crippen LogP contribution in [0.3, 0.4) is 0 Å². The number of rotatable bonds is 4. The number of hydrogen-bond acceptors (Lipinski definition) is 2. The van der Waals surface area contributed by atoms with Gasteiger partial charge in [-0.15, -0.1) is 0 Å². The molecule has 0 aliphatic heterocycles. The van der Waals surface area contributed by atoms with Crippen LogP contribution in [0.25, 0.3) is 0 Å². The van der Waals surface area contributed by atoms with E-state index in [2.05, 4.69) is 24.1 Å². The molecule has 0 saturated carbocycles. The molecule has 3 heteroatoms. The van der Waals surface area contributed by atoms with Gasteiger partial charge in [0.15, 0.2) is 0 Å². The lowest BCUT2D eigenvalue weighted by atomic mass is 10.0. The molecule has 0 bridgehead atoms. The van der Waals surface area contributed by atoms with Crippen molar-refractivity contribution in [2.75, 3.05) is 20.6 Å². The van der Waals surface area contributed by atoms with Gasteiger partial charge in [0.25, 0.3) is 0 Å². The lowest BCUT2D eigenvalue weighted by molar-refractivity contribution is -0.120. The van der Waals surface area contributed by atoms with Crippen molar-refractivity contribution in [3.8, 4) is 0 Å². The molecule has 12 heavy (non-hydrogen) atoms. The summed E-state index contributed by atoms with van der Waals surface area (Å²) in [5.41, 5.74) is 0. The first-order valence-corrected chi connectivity index (χ1v) is 4.35. The van der Waals surface area contributed by atoms with Crippen molar-refractivity contribution in [3.05, 3.63) is 0 Å². The molecule has 0 spiro atoms. The Bertz CT molecular complexity index is 143. The Morgan fingerprint density at radius 1 is 1.42 bits per heavy atom. The van der Waals surface area contributed by atoms with Crippen molar-refractivity contribution in [2.45, 2.75) is 26.8 Å². The molecule has 0 aliphatic rings. The molecule has 72 valence electrons. The normalized spacial score (nSPS) is 13.6. The summed E-state index contributed by atoms with van der Waals surface area (Å²) in [6.07, 6.45) is 0. The molecule has 1 N–H and O–H groups in total. The summed E-state index contributed by atoms with van der Waals surface area (Å²) in [5, 5.41) is 2.93. The average Bonchev–Trinajstić information content (AvgIpc) is 1.83. The lowest BCUT2D eigenvalue weighted by Gasteiger charge is -2.24. The van der Waals surface area contributed by atoms with Gasteiger partial charge in [0.1, 0.15) is 0 Å². The topological polar surface area (TPSA) is 32.3 Å². The minimum absolute atomic E-state index is 0.0514. The highest BCUT2D eigenvalue weighted by molar-refractivity contribution is 5.73. The molecule has 0 aromatic heterocycles. The minimum atomic E-state index is 0.0514. The first kappa shape index (κ1) is 11.4. The molecule has 0 fully saturated rings. The van der Waals surface area contributed by atoms with E-state index >= 15 is 0 Å². The van der Waals surface area contributed by atoms with Gasteiger partial charge in [0, 0.05) is 19.5 Å². The highest BCUT2D eigenvalue weighted by atomic mass is 16.1. The van der Waals surface area contributed by atoms with Crippen LogP contribution in [0.15, 0.2) is 0 Å². The van der Waals surface area contributed by atoms with Gasteiger partial charge in [-0.3, -0.25) is 4.79 Å². The third kappa shape index (κ3) is 5.13. The van der Waals surface area contributed by atoms with Crippen LogP contribution in [0, 0.1) is 5.92 Å². The van der Waals surface area contributed by atoms with E-state index in [0.717, 1.165) is 6.54 Å². The van der Waals surface area contributed by atoms with Gasteiger partial charge in [-0.1, -0.05) is 13.8 Å². The molecule has 0 saturated heterocycles. The van der Waals surface area contributed by atoms with Crippen LogP contribution in [0.2, 0.25) is 0 Å². The second-order valence-corrected chi connectivity index (χ2v) is 3.81. The van der Waals surface area contributed by atoms with Crippen molar-refractivity contribution < 1.29 is 4.79 Å². The molecule has 0 unspecified atom stereocenters. The van der Waals surface area contributed by atoms with Crippen LogP contribution in [0.1, 0.15) is 20.8 Å². The number of hydrogen-bond donors (Lipinski definition) is 1. The summed E-state index contributed by atoms with van der Waals surface area (Å²) >= 11 is 0. The zero-order valence-electron chi connectivity index (χ0n) is 8.72. The maximum atomic E-state index is 10.8. The second-order valence-electron chi connectivity index (χ2n) is 3.81. The zero-order valence-corrected chi connectivity index (χ0v) is 8.72. The quantitative estimate of drug-likeness (QED) is 0.677. The number of amides is 1. The van der Waals surface area contributed by atoms with Crippen LogP contribution in [-0.2, 0) is 4.79 Å². The molecule has 0 aromatic rings. The van der Waals surface area contributed by atoms with Gasteiger partial charge in [0.05, 0.1) is 0 Å². The Kier molecular flexibility index (Phi) is 4.90. The predicted molar refractivity (Wildman–Crippen MR) is 51.0 cm³/mol. The van der Waals surface area contributed by atoms with Crippen LogP contribution >= 0.6 is 0 Å². The maximum Gasteiger partial charge on any atom is 0.217 e. The summed E-state index contributed by atoms with van der Waals surface area (Å²) < 4.78 is 0. The van der Waals surface area contributed by atoms with Crippen LogP contribution in [-0.4, -0.2) is 37.5 Å². The number of carbonyl (C=O) groups is 1. The van der Waals surface area contributed by atoms with E-state index in [1.54, 1.807) is 6.92 Å². The summed E-state index contributed by atoms with van der Waals surface area (Å²) in [5.74, 6) is 0.534. The largest absolute Gasteiger partial charge is 0.352 e. The van der Waals surface area contributed by atoms with E-state index in [9.17, 15) is 4.79 Å². The first-order valence-electron chi connectivity index (χ1n) is 4.35. The SMILES string of the molecule is CC(=O)N[C@H](CN(C)C)C(C)C. The molecule has 0 radical (unpaired) electrons. The van der Waals surface area contributed by atoms with Crippen molar-refractivity contribution in [2.24, 2.45) is 5.92 Å². The number of carbonyl (C=O) groups excluding carboxylic acids is 1. The van der Waals surface area contributed by atoms with Gasteiger partial charge in [-0.25, -0.2) is 0 Å².